The van der Waals surface area contributed by atoms with Crippen LogP contribution in [0.2, 0.25) is 0 Å². The number of hydrazine groups is 1. The monoisotopic (exact) mass is 410 g/mol. The Morgan fingerprint density at radius 3 is 2.67 bits per heavy atom. The van der Waals surface area contributed by atoms with Gasteiger partial charge in [-0.25, -0.2) is 4.79 Å². The number of urea groups is 1. The van der Waals surface area contributed by atoms with E-state index in [2.05, 4.69) is 10.7 Å². The van der Waals surface area contributed by atoms with Crippen LogP contribution in [0.5, 0.6) is 11.5 Å². The van der Waals surface area contributed by atoms with E-state index in [1.54, 1.807) is 43.1 Å². The van der Waals surface area contributed by atoms with E-state index in [-0.39, 0.29) is 13.3 Å². The first-order valence-electron chi connectivity index (χ1n) is 9.45. The van der Waals surface area contributed by atoms with Crippen molar-refractivity contribution in [1.82, 2.24) is 20.7 Å². The number of hydrogen-bond donors (Lipinski definition) is 2. The van der Waals surface area contributed by atoms with Gasteiger partial charge < -0.3 is 14.8 Å². The van der Waals surface area contributed by atoms with Crippen molar-refractivity contribution in [3.8, 4) is 11.5 Å². The van der Waals surface area contributed by atoms with Gasteiger partial charge in [-0.2, -0.15) is 5.01 Å². The van der Waals surface area contributed by atoms with E-state index in [4.69, 9.17) is 9.47 Å². The van der Waals surface area contributed by atoms with Gasteiger partial charge in [-0.05, 0) is 37.2 Å². The van der Waals surface area contributed by atoms with Crippen LogP contribution in [0.15, 0.2) is 48.5 Å². The molecule has 4 rings (SSSR count). The highest BCUT2D eigenvalue weighted by atomic mass is 16.7. The van der Waals surface area contributed by atoms with E-state index in [0.717, 1.165) is 10.6 Å². The molecule has 30 heavy (non-hydrogen) atoms. The lowest BCUT2D eigenvalue weighted by atomic mass is 9.92. The molecule has 156 valence electrons. The number of imide groups is 1. The summed E-state index contributed by atoms with van der Waals surface area (Å²) in [5, 5.41) is 3.39. The average Bonchev–Trinajstić information content (AvgIpc) is 3.27. The number of likely N-dealkylation sites (N-methyl/N-ethyl adjacent to an activating group) is 1. The van der Waals surface area contributed by atoms with E-state index in [9.17, 15) is 14.4 Å². The lowest BCUT2D eigenvalue weighted by Gasteiger charge is -2.22. The minimum absolute atomic E-state index is 0.00640. The fourth-order valence-electron chi connectivity index (χ4n) is 3.52. The van der Waals surface area contributed by atoms with Crippen LogP contribution in [0.1, 0.15) is 18.1 Å². The van der Waals surface area contributed by atoms with Crippen molar-refractivity contribution in [3.63, 3.8) is 0 Å². The molecule has 0 spiro atoms. The summed E-state index contributed by atoms with van der Waals surface area (Å²) in [6, 6.07) is 13.8. The molecule has 0 aromatic heterocycles. The maximum absolute atomic E-state index is 12.8. The van der Waals surface area contributed by atoms with Gasteiger partial charge in [0.25, 0.3) is 11.8 Å². The van der Waals surface area contributed by atoms with Gasteiger partial charge in [-0.15, -0.1) is 0 Å². The quantitative estimate of drug-likeness (QED) is 0.698. The highest BCUT2D eigenvalue weighted by Gasteiger charge is 2.49. The Morgan fingerprint density at radius 2 is 1.90 bits per heavy atom. The number of benzene rings is 2. The van der Waals surface area contributed by atoms with Gasteiger partial charge in [-0.3, -0.25) is 19.9 Å². The molecular weight excluding hydrogens is 388 g/mol. The summed E-state index contributed by atoms with van der Waals surface area (Å²) in [4.78, 5) is 39.4. The van der Waals surface area contributed by atoms with Crippen LogP contribution in [-0.2, 0) is 21.7 Å². The molecule has 4 amide bonds. The van der Waals surface area contributed by atoms with Gasteiger partial charge in [0.1, 0.15) is 5.54 Å². The molecule has 0 unspecified atom stereocenters. The van der Waals surface area contributed by atoms with Crippen molar-refractivity contribution in [2.24, 2.45) is 0 Å². The molecule has 0 aliphatic carbocycles. The smallest absolute Gasteiger partial charge is 0.344 e. The van der Waals surface area contributed by atoms with Crippen molar-refractivity contribution in [2.45, 2.75) is 19.0 Å². The van der Waals surface area contributed by atoms with Gasteiger partial charge in [0, 0.05) is 6.54 Å². The fraction of sp³-hybridized carbons (Fsp3) is 0.286. The van der Waals surface area contributed by atoms with Crippen LogP contribution >= 0.6 is 0 Å². The first-order valence-corrected chi connectivity index (χ1v) is 9.45. The Hall–Kier alpha value is -3.59. The summed E-state index contributed by atoms with van der Waals surface area (Å²) in [5.74, 6) is 0.355. The van der Waals surface area contributed by atoms with E-state index in [0.29, 0.717) is 23.6 Å². The van der Waals surface area contributed by atoms with Crippen LogP contribution in [0.3, 0.4) is 0 Å². The van der Waals surface area contributed by atoms with Gasteiger partial charge in [-0.1, -0.05) is 36.4 Å². The molecule has 1 atom stereocenters. The molecular formula is C21H22N4O5. The van der Waals surface area contributed by atoms with Gasteiger partial charge in [0.15, 0.2) is 11.5 Å². The van der Waals surface area contributed by atoms with Gasteiger partial charge in [0.05, 0.1) is 6.54 Å². The normalized spacial score (nSPS) is 19.9. The van der Waals surface area contributed by atoms with E-state index in [1.807, 2.05) is 24.3 Å². The molecule has 1 saturated heterocycles. The van der Waals surface area contributed by atoms with Crippen molar-refractivity contribution in [2.75, 3.05) is 20.4 Å². The van der Waals surface area contributed by atoms with Gasteiger partial charge in [0.2, 0.25) is 6.79 Å². The number of carbonyl (C=O) groups is 3. The number of nitrogens with one attached hydrogen (secondary N) is 2. The maximum atomic E-state index is 12.8. The third-order valence-electron chi connectivity index (χ3n) is 5.08. The Morgan fingerprint density at radius 1 is 1.17 bits per heavy atom. The summed E-state index contributed by atoms with van der Waals surface area (Å²) < 4.78 is 10.7. The highest BCUT2D eigenvalue weighted by Crippen LogP contribution is 2.32. The number of fused-ring (bicyclic) bond motifs is 1. The summed E-state index contributed by atoms with van der Waals surface area (Å²) in [6.07, 6.45) is 0. The Bertz CT molecular complexity index is 996. The average molecular weight is 410 g/mol. The molecule has 1 fully saturated rings. The van der Waals surface area contributed by atoms with Crippen molar-refractivity contribution < 1.29 is 23.9 Å². The van der Waals surface area contributed by atoms with Crippen LogP contribution in [0.25, 0.3) is 0 Å². The topological polar surface area (TPSA) is 100 Å². The first kappa shape index (κ1) is 19.7. The minimum atomic E-state index is -1.23. The number of nitrogens with zero attached hydrogens (tertiary/aromatic N) is 2. The van der Waals surface area contributed by atoms with Crippen molar-refractivity contribution in [1.29, 1.82) is 0 Å². The van der Waals surface area contributed by atoms with Crippen LogP contribution in [0, 0.1) is 0 Å². The highest BCUT2D eigenvalue weighted by molar-refractivity contribution is 6.08. The number of hydrogen-bond acceptors (Lipinski definition) is 6. The Balaban J connectivity index is 1.36. The molecule has 0 bridgehead atoms. The van der Waals surface area contributed by atoms with Crippen LogP contribution < -0.4 is 20.2 Å². The first-order chi connectivity index (χ1) is 14.4. The second-order valence-electron chi connectivity index (χ2n) is 7.46. The Kier molecular flexibility index (Phi) is 5.04. The van der Waals surface area contributed by atoms with E-state index >= 15 is 0 Å². The molecule has 0 saturated carbocycles. The minimum Gasteiger partial charge on any atom is -0.454 e. The van der Waals surface area contributed by atoms with Crippen LogP contribution in [-0.4, -0.2) is 48.1 Å². The zero-order valence-corrected chi connectivity index (χ0v) is 16.7. The number of ether oxygens (including phenoxy) is 2. The molecule has 9 nitrogen and oxygen atoms in total. The summed E-state index contributed by atoms with van der Waals surface area (Å²) in [6.45, 7) is 2.28. The molecule has 2 aliphatic rings. The lowest BCUT2D eigenvalue weighted by molar-refractivity contribution is -0.139. The standard InChI is InChI=1S/C21H22N4O5/c1-21(15-6-4-3-5-7-15)19(27)25(20(28)22-21)23-18(26)12-24(2)11-14-8-9-16-17(10-14)30-13-29-16/h3-10H,11-13H2,1-2H3,(H,22,28)(H,23,26)/t21-/m0/s1. The fourth-order valence-corrected chi connectivity index (χ4v) is 3.52. The lowest BCUT2D eigenvalue weighted by Crippen LogP contribution is -2.50. The molecule has 2 N–H and O–H groups in total. The summed E-state index contributed by atoms with van der Waals surface area (Å²) in [7, 11) is 1.77. The molecule has 9 heteroatoms. The third kappa shape index (κ3) is 3.67. The van der Waals surface area contributed by atoms with Crippen molar-refractivity contribution in [3.05, 3.63) is 59.7 Å². The summed E-state index contributed by atoms with van der Waals surface area (Å²) >= 11 is 0. The second kappa shape index (κ2) is 7.68. The molecule has 2 aromatic carbocycles. The largest absolute Gasteiger partial charge is 0.454 e. The predicted molar refractivity (Wildman–Crippen MR) is 106 cm³/mol. The maximum Gasteiger partial charge on any atom is 0.344 e. The SMILES string of the molecule is CN(CC(=O)NN1C(=O)N[C@@](C)(c2ccccc2)C1=O)Cc1ccc2c(c1)OCO2. The van der Waals surface area contributed by atoms with Crippen LogP contribution in [0.4, 0.5) is 4.79 Å². The number of carbonyl (C=O) groups excluding carboxylic acids is 3. The zero-order chi connectivity index (χ0) is 21.3. The molecule has 2 heterocycles. The third-order valence-corrected chi connectivity index (χ3v) is 5.08. The van der Waals surface area contributed by atoms with Crippen molar-refractivity contribution >= 4 is 17.8 Å². The number of amides is 4. The van der Waals surface area contributed by atoms with E-state index in [1.165, 1.54) is 0 Å². The Labute approximate surface area is 173 Å². The van der Waals surface area contributed by atoms with Gasteiger partial charge >= 0.3 is 6.03 Å². The molecule has 2 aromatic rings. The second-order valence-corrected chi connectivity index (χ2v) is 7.46. The molecule has 0 radical (unpaired) electrons. The molecule has 2 aliphatic heterocycles. The number of rotatable bonds is 6. The van der Waals surface area contributed by atoms with E-state index < -0.39 is 23.4 Å². The zero-order valence-electron chi connectivity index (χ0n) is 16.7. The predicted octanol–water partition coefficient (Wildman–Crippen LogP) is 1.35. The summed E-state index contributed by atoms with van der Waals surface area (Å²) in [5.41, 5.74) is 2.76.